The van der Waals surface area contributed by atoms with Crippen molar-refractivity contribution in [1.29, 1.82) is 0 Å². The maximum atomic E-state index is 12.1. The molecule has 1 heterocycles. The minimum atomic E-state index is 0.0528. The lowest BCUT2D eigenvalue weighted by atomic mass is 10.1. The van der Waals surface area contributed by atoms with Crippen LogP contribution in [0.2, 0.25) is 0 Å². The number of rotatable bonds is 7. The van der Waals surface area contributed by atoms with Gasteiger partial charge in [0.1, 0.15) is 5.75 Å². The van der Waals surface area contributed by atoms with Crippen molar-refractivity contribution in [2.24, 2.45) is 10.9 Å². The number of likely N-dealkylation sites (tertiary alicyclic amines) is 1. The largest absolute Gasteiger partial charge is 0.493 e. The number of hydrogen-bond acceptors (Lipinski definition) is 3. The number of aliphatic imine (C=N–C) groups is 1. The number of carbonyl (C=O) groups excluding carboxylic acids is 1. The van der Waals surface area contributed by atoms with E-state index in [2.05, 4.69) is 48.5 Å². The van der Waals surface area contributed by atoms with Crippen LogP contribution in [-0.2, 0) is 4.79 Å². The zero-order valence-electron chi connectivity index (χ0n) is 18.3. The maximum Gasteiger partial charge on any atom is 0.225 e. The van der Waals surface area contributed by atoms with Crippen LogP contribution in [0.3, 0.4) is 0 Å². The van der Waals surface area contributed by atoms with Crippen molar-refractivity contribution in [2.45, 2.75) is 53.5 Å². The summed E-state index contributed by atoms with van der Waals surface area (Å²) >= 11 is 0. The van der Waals surface area contributed by atoms with E-state index in [1.54, 1.807) is 7.05 Å². The number of nitrogens with one attached hydrogen (secondary N) is 2. The molecule has 1 amide bonds. The molecule has 0 aromatic heterocycles. The monoisotopic (exact) mass is 388 g/mol. The Labute approximate surface area is 169 Å². The molecule has 2 rings (SSSR count). The molecule has 28 heavy (non-hydrogen) atoms. The average Bonchev–Trinajstić information content (AvgIpc) is 3.11. The van der Waals surface area contributed by atoms with Crippen molar-refractivity contribution in [3.05, 3.63) is 28.8 Å². The Bertz CT molecular complexity index is 700. The van der Waals surface area contributed by atoms with Crippen molar-refractivity contribution in [1.82, 2.24) is 15.5 Å². The van der Waals surface area contributed by atoms with Crippen molar-refractivity contribution in [3.63, 3.8) is 0 Å². The molecule has 1 atom stereocenters. The molecule has 1 aromatic carbocycles. The molecule has 0 radical (unpaired) electrons. The number of aryl methyl sites for hydroxylation is 2. The number of benzene rings is 1. The van der Waals surface area contributed by atoms with Gasteiger partial charge in [0.05, 0.1) is 6.61 Å². The topological polar surface area (TPSA) is 66.0 Å². The van der Waals surface area contributed by atoms with Crippen molar-refractivity contribution in [3.8, 4) is 5.75 Å². The highest BCUT2D eigenvalue weighted by atomic mass is 16.5. The molecule has 0 aliphatic carbocycles. The van der Waals surface area contributed by atoms with Crippen LogP contribution < -0.4 is 15.4 Å². The van der Waals surface area contributed by atoms with Crippen LogP contribution in [0.1, 0.15) is 43.4 Å². The lowest BCUT2D eigenvalue weighted by Gasteiger charge is -2.20. The number of guanidine groups is 1. The average molecular weight is 389 g/mol. The second kappa shape index (κ2) is 10.3. The van der Waals surface area contributed by atoms with Crippen LogP contribution in [0.15, 0.2) is 17.1 Å². The Hall–Kier alpha value is -2.24. The van der Waals surface area contributed by atoms with Crippen LogP contribution in [-0.4, -0.2) is 56.1 Å². The molecular weight excluding hydrogens is 352 g/mol. The molecule has 2 N–H and O–H groups in total. The first-order valence-electron chi connectivity index (χ1n) is 10.3. The molecule has 6 nitrogen and oxygen atoms in total. The SMILES string of the molecule is CN=C(NCCCOc1cc(C)cc(C)c1C)NC1CCN(C(=O)C(C)C)C1. The second-order valence-corrected chi connectivity index (χ2v) is 7.97. The Kier molecular flexibility index (Phi) is 8.15. The number of carbonyl (C=O) groups is 1. The summed E-state index contributed by atoms with van der Waals surface area (Å²) in [6.45, 7) is 13.2. The summed E-state index contributed by atoms with van der Waals surface area (Å²) in [7, 11) is 1.77. The van der Waals surface area contributed by atoms with Crippen LogP contribution in [0.5, 0.6) is 5.75 Å². The molecule has 0 spiro atoms. The summed E-state index contributed by atoms with van der Waals surface area (Å²) in [4.78, 5) is 18.4. The lowest BCUT2D eigenvalue weighted by molar-refractivity contribution is -0.133. The van der Waals surface area contributed by atoms with E-state index >= 15 is 0 Å². The molecule has 1 aromatic rings. The van der Waals surface area contributed by atoms with E-state index in [1.165, 1.54) is 16.7 Å². The van der Waals surface area contributed by atoms with E-state index in [-0.39, 0.29) is 17.9 Å². The van der Waals surface area contributed by atoms with E-state index in [4.69, 9.17) is 4.74 Å². The number of ether oxygens (including phenoxy) is 1. The van der Waals surface area contributed by atoms with Gasteiger partial charge in [0, 0.05) is 38.6 Å². The minimum absolute atomic E-state index is 0.0528. The number of hydrogen-bond donors (Lipinski definition) is 2. The predicted octanol–water partition coefficient (Wildman–Crippen LogP) is 2.80. The molecule has 6 heteroatoms. The standard InChI is InChI=1S/C22H36N4O2/c1-15(2)21(27)26-10-8-19(14-26)25-22(23-6)24-9-7-11-28-20-13-16(3)12-17(4)18(20)5/h12-13,15,19H,7-11,14H2,1-6H3,(H2,23,24,25). The highest BCUT2D eigenvalue weighted by Gasteiger charge is 2.27. The van der Waals surface area contributed by atoms with Gasteiger partial charge >= 0.3 is 0 Å². The third-order valence-electron chi connectivity index (χ3n) is 5.19. The van der Waals surface area contributed by atoms with Crippen molar-refractivity contribution in [2.75, 3.05) is 33.3 Å². The third kappa shape index (κ3) is 6.14. The minimum Gasteiger partial charge on any atom is -0.493 e. The van der Waals surface area contributed by atoms with Crippen LogP contribution >= 0.6 is 0 Å². The molecule has 0 saturated carbocycles. The Morgan fingerprint density at radius 1 is 1.32 bits per heavy atom. The zero-order chi connectivity index (χ0) is 20.7. The lowest BCUT2D eigenvalue weighted by Crippen LogP contribution is -2.45. The van der Waals surface area contributed by atoms with Gasteiger partial charge < -0.3 is 20.3 Å². The molecule has 156 valence electrons. The van der Waals surface area contributed by atoms with Gasteiger partial charge in [-0.3, -0.25) is 9.79 Å². The molecule has 0 bridgehead atoms. The van der Waals surface area contributed by atoms with E-state index in [0.717, 1.165) is 44.2 Å². The molecule has 1 aliphatic heterocycles. The van der Waals surface area contributed by atoms with Crippen LogP contribution in [0.4, 0.5) is 0 Å². The van der Waals surface area contributed by atoms with E-state index in [9.17, 15) is 4.79 Å². The second-order valence-electron chi connectivity index (χ2n) is 7.97. The van der Waals surface area contributed by atoms with Crippen molar-refractivity contribution < 1.29 is 9.53 Å². The summed E-state index contributed by atoms with van der Waals surface area (Å²) in [6, 6.07) is 4.53. The highest BCUT2D eigenvalue weighted by molar-refractivity contribution is 5.81. The first-order valence-corrected chi connectivity index (χ1v) is 10.3. The van der Waals surface area contributed by atoms with Gasteiger partial charge in [0.25, 0.3) is 0 Å². The molecule has 1 saturated heterocycles. The molecule has 1 fully saturated rings. The van der Waals surface area contributed by atoms with Crippen LogP contribution in [0, 0.1) is 26.7 Å². The predicted molar refractivity (Wildman–Crippen MR) is 115 cm³/mol. The van der Waals surface area contributed by atoms with Gasteiger partial charge in [-0.2, -0.15) is 0 Å². The first kappa shape index (κ1) is 22.1. The highest BCUT2D eigenvalue weighted by Crippen LogP contribution is 2.23. The van der Waals surface area contributed by atoms with E-state index in [0.29, 0.717) is 6.61 Å². The Morgan fingerprint density at radius 2 is 2.07 bits per heavy atom. The number of nitrogens with zero attached hydrogens (tertiary/aromatic N) is 2. The van der Waals surface area contributed by atoms with Gasteiger partial charge in [0.15, 0.2) is 5.96 Å². The third-order valence-corrected chi connectivity index (χ3v) is 5.19. The summed E-state index contributed by atoms with van der Waals surface area (Å²) in [5.41, 5.74) is 3.69. The smallest absolute Gasteiger partial charge is 0.225 e. The molecule has 1 aliphatic rings. The van der Waals surface area contributed by atoms with E-state index < -0.39 is 0 Å². The number of amides is 1. The zero-order valence-corrected chi connectivity index (χ0v) is 18.3. The summed E-state index contributed by atoms with van der Waals surface area (Å²) in [5, 5.41) is 6.77. The Balaban J connectivity index is 1.70. The van der Waals surface area contributed by atoms with Gasteiger partial charge in [-0.05, 0) is 56.4 Å². The van der Waals surface area contributed by atoms with E-state index in [1.807, 2.05) is 18.7 Å². The fourth-order valence-electron chi connectivity index (χ4n) is 3.44. The van der Waals surface area contributed by atoms with Gasteiger partial charge in [-0.1, -0.05) is 19.9 Å². The van der Waals surface area contributed by atoms with Gasteiger partial charge in [-0.25, -0.2) is 0 Å². The van der Waals surface area contributed by atoms with Crippen molar-refractivity contribution >= 4 is 11.9 Å². The molecule has 1 unspecified atom stereocenters. The summed E-state index contributed by atoms with van der Waals surface area (Å²) < 4.78 is 5.97. The summed E-state index contributed by atoms with van der Waals surface area (Å²) in [6.07, 6.45) is 1.84. The molecular formula is C22H36N4O2. The maximum absolute atomic E-state index is 12.1. The van der Waals surface area contributed by atoms with Gasteiger partial charge in [0.2, 0.25) is 5.91 Å². The summed E-state index contributed by atoms with van der Waals surface area (Å²) in [5.74, 6) is 2.04. The first-order chi connectivity index (χ1) is 13.3. The quantitative estimate of drug-likeness (QED) is 0.428. The fraction of sp³-hybridized carbons (Fsp3) is 0.636. The normalized spacial score (nSPS) is 17.2. The fourth-order valence-corrected chi connectivity index (χ4v) is 3.44. The Morgan fingerprint density at radius 3 is 2.75 bits per heavy atom. The van der Waals surface area contributed by atoms with Gasteiger partial charge in [-0.15, -0.1) is 0 Å². The van der Waals surface area contributed by atoms with Crippen LogP contribution in [0.25, 0.3) is 0 Å².